The number of rotatable bonds is 28. The van der Waals surface area contributed by atoms with Crippen molar-refractivity contribution in [1.82, 2.24) is 41.7 Å². The number of nitrogens with zero attached hydrogens (tertiary/aromatic N) is 2. The smallest absolute Gasteiger partial charge is 0.407 e. The summed E-state index contributed by atoms with van der Waals surface area (Å²) in [5.74, 6) is -5.01. The number of amides is 11. The van der Waals surface area contributed by atoms with Crippen LogP contribution in [0.5, 0.6) is 11.5 Å². The van der Waals surface area contributed by atoms with E-state index >= 15 is 0 Å². The van der Waals surface area contributed by atoms with Crippen molar-refractivity contribution in [1.29, 1.82) is 0 Å². The van der Waals surface area contributed by atoms with Crippen molar-refractivity contribution in [3.63, 3.8) is 0 Å². The first kappa shape index (κ1) is 64.2. The average molecular weight is 1220 g/mol. The molecule has 0 radical (unpaired) electrons. The molecule has 0 bridgehead atoms. The number of benzene rings is 4. The first-order valence-electron chi connectivity index (χ1n) is 28.0. The van der Waals surface area contributed by atoms with Crippen LogP contribution in [-0.4, -0.2) is 165 Å². The predicted octanol–water partition coefficient (Wildman–Crippen LogP) is 0.467. The van der Waals surface area contributed by atoms with Crippen molar-refractivity contribution >= 4 is 71.0 Å². The molecule has 11 N–H and O–H groups in total. The van der Waals surface area contributed by atoms with Crippen molar-refractivity contribution in [3.8, 4) is 11.5 Å². The summed E-state index contributed by atoms with van der Waals surface area (Å²) in [5, 5.41) is 58.4. The van der Waals surface area contributed by atoms with E-state index in [1.807, 2.05) is 30.3 Å². The maximum absolute atomic E-state index is 13.5. The van der Waals surface area contributed by atoms with Crippen molar-refractivity contribution in [2.75, 3.05) is 38.2 Å². The molecule has 0 aromatic heterocycles. The van der Waals surface area contributed by atoms with Gasteiger partial charge in [-0.15, -0.1) is 0 Å². The zero-order chi connectivity index (χ0) is 62.9. The Balaban J connectivity index is 0.707. The second-order valence-electron chi connectivity index (χ2n) is 20.6. The van der Waals surface area contributed by atoms with Crippen LogP contribution in [0.2, 0.25) is 0 Å². The molecule has 29 heteroatoms. The number of hydrogen-bond donors (Lipinski definition) is 11. The highest BCUT2D eigenvalue weighted by molar-refractivity contribution is 6.13. The molecule has 0 aliphatic carbocycles. The zero-order valence-corrected chi connectivity index (χ0v) is 47.2. The number of carboxylic acids is 1. The number of aliphatic hydroxyl groups excluding tert-OH is 3. The fraction of sp³-hybridized carbons (Fsp3) is 0.373. The lowest BCUT2D eigenvalue weighted by Crippen LogP contribution is -2.61. The van der Waals surface area contributed by atoms with Gasteiger partial charge in [0.2, 0.25) is 29.9 Å². The summed E-state index contributed by atoms with van der Waals surface area (Å²) in [6, 6.07) is 22.0. The van der Waals surface area contributed by atoms with Gasteiger partial charge in [-0.05, 0) is 89.5 Å². The van der Waals surface area contributed by atoms with Crippen molar-refractivity contribution in [2.24, 2.45) is 0 Å². The topological polar surface area (TPSA) is 406 Å². The number of nitrogens with one attached hydrogen (secondary N) is 7. The third-order valence-electron chi connectivity index (χ3n) is 14.2. The zero-order valence-electron chi connectivity index (χ0n) is 47.2. The van der Waals surface area contributed by atoms with Crippen LogP contribution in [0.1, 0.15) is 87.1 Å². The third kappa shape index (κ3) is 17.7. The van der Waals surface area contributed by atoms with Gasteiger partial charge < -0.3 is 80.9 Å². The van der Waals surface area contributed by atoms with E-state index in [0.717, 1.165) is 27.2 Å². The van der Waals surface area contributed by atoms with Gasteiger partial charge in [-0.25, -0.2) is 14.4 Å². The molecular formula is C59H65N9O20. The van der Waals surface area contributed by atoms with Gasteiger partial charge >= 0.3 is 18.1 Å². The Kier molecular flexibility index (Phi) is 22.3. The lowest BCUT2D eigenvalue weighted by Gasteiger charge is -2.38. The summed E-state index contributed by atoms with van der Waals surface area (Å²) in [5.41, 5.74) is 4.11. The molecule has 4 aliphatic heterocycles. The van der Waals surface area contributed by atoms with Gasteiger partial charge in [0.1, 0.15) is 62.3 Å². The molecule has 0 saturated carbocycles. The molecule has 4 aliphatic rings. The van der Waals surface area contributed by atoms with Crippen LogP contribution in [-0.2, 0) is 80.7 Å². The number of piperidine rings is 1. The second-order valence-corrected chi connectivity index (χ2v) is 20.6. The molecule has 8 rings (SSSR count). The average Bonchev–Trinajstić information content (AvgIpc) is 1.88. The van der Waals surface area contributed by atoms with Crippen LogP contribution < -0.4 is 46.7 Å². The normalized spacial score (nSPS) is 19.5. The first-order valence-corrected chi connectivity index (χ1v) is 28.0. The number of anilines is 1. The summed E-state index contributed by atoms with van der Waals surface area (Å²) in [6.45, 7) is -0.221. The lowest BCUT2D eigenvalue weighted by molar-refractivity contribution is -0.271. The SMILES string of the molecule is O=C(CCCCCN1C(=O)C=CC1=O)NCCNC(=O)c1cc(COC(=O)NCC(=O)NCOCc2ccc(COc3ccc(NC(=O)NCc4ccc5c(c4)CN(C4CCC(=O)NC4=O)C5=O)cc3)cc2)ccc1O[C@@H]1O[C@H](C(=O)O)[C@@H](O)[C@H](O)[C@H]1O. The van der Waals surface area contributed by atoms with E-state index in [1.54, 1.807) is 36.4 Å². The quantitative estimate of drug-likeness (QED) is 0.0209. The predicted molar refractivity (Wildman–Crippen MR) is 303 cm³/mol. The Hall–Kier alpha value is -9.81. The number of fused-ring (bicyclic) bond motifs is 1. The van der Waals surface area contributed by atoms with Crippen LogP contribution in [0.25, 0.3) is 0 Å². The second kappa shape index (κ2) is 30.5. The minimum Gasteiger partial charge on any atom is -0.489 e. The highest BCUT2D eigenvalue weighted by atomic mass is 16.7. The lowest BCUT2D eigenvalue weighted by atomic mass is 9.99. The molecule has 466 valence electrons. The Morgan fingerprint density at radius 2 is 1.40 bits per heavy atom. The van der Waals surface area contributed by atoms with Gasteiger partial charge in [0.25, 0.3) is 23.6 Å². The largest absolute Gasteiger partial charge is 0.489 e. The Labute approximate surface area is 502 Å². The van der Waals surface area contributed by atoms with Gasteiger partial charge in [-0.3, -0.25) is 48.6 Å². The highest BCUT2D eigenvalue weighted by Gasteiger charge is 2.48. The number of carbonyl (C=O) groups excluding carboxylic acids is 10. The van der Waals surface area contributed by atoms with Crippen molar-refractivity contribution in [3.05, 3.63) is 136 Å². The Morgan fingerprint density at radius 3 is 2.12 bits per heavy atom. The molecule has 88 heavy (non-hydrogen) atoms. The fourth-order valence-corrected chi connectivity index (χ4v) is 9.51. The molecule has 29 nitrogen and oxygen atoms in total. The summed E-state index contributed by atoms with van der Waals surface area (Å²) in [6.07, 6.45) is -6.36. The van der Waals surface area contributed by atoms with Crippen LogP contribution >= 0.6 is 0 Å². The number of aliphatic hydroxyl groups is 3. The van der Waals surface area contributed by atoms with E-state index in [0.29, 0.717) is 36.3 Å². The van der Waals surface area contributed by atoms with Crippen LogP contribution in [0, 0.1) is 0 Å². The molecule has 11 amide bonds. The number of alkyl carbamates (subject to hydrolysis) is 1. The maximum atomic E-state index is 13.5. The number of imide groups is 2. The minimum atomic E-state index is -2.01. The highest BCUT2D eigenvalue weighted by Crippen LogP contribution is 2.30. The molecule has 4 aromatic rings. The number of carbonyl (C=O) groups is 11. The van der Waals surface area contributed by atoms with Gasteiger partial charge in [0.05, 0.1) is 12.2 Å². The number of ether oxygens (including phenoxy) is 5. The molecule has 4 heterocycles. The van der Waals surface area contributed by atoms with Gasteiger partial charge in [-0.2, -0.15) is 0 Å². The van der Waals surface area contributed by atoms with Gasteiger partial charge in [0.15, 0.2) is 6.10 Å². The number of aliphatic carboxylic acids is 1. The number of unbranched alkanes of at least 4 members (excludes halogenated alkanes) is 2. The van der Waals surface area contributed by atoms with E-state index in [2.05, 4.69) is 37.2 Å². The summed E-state index contributed by atoms with van der Waals surface area (Å²) >= 11 is 0. The van der Waals surface area contributed by atoms with E-state index in [-0.39, 0.29) is 118 Å². The number of urea groups is 1. The van der Waals surface area contributed by atoms with Crippen LogP contribution in [0.15, 0.2) is 97.1 Å². The maximum Gasteiger partial charge on any atom is 0.407 e. The Morgan fingerprint density at radius 1 is 0.693 bits per heavy atom. The number of carboxylic acid groups (broad SMARTS) is 1. The van der Waals surface area contributed by atoms with Gasteiger partial charge in [-0.1, -0.05) is 48.9 Å². The van der Waals surface area contributed by atoms with Crippen LogP contribution in [0.4, 0.5) is 15.3 Å². The molecule has 1 unspecified atom stereocenters. The number of hydrogen-bond acceptors (Lipinski definition) is 19. The standard InChI is InChI=1S/C59H65N9O20/c69-44(4-2-1-3-23-67-47(72)19-20-48(67)73)60-21-22-61-53(77)41-25-36(10-17-43(41)87-57-51(76)49(74)50(75)52(88-57)56(80)81)31-86-59(83)63-27-46(71)64-32-84-29-33-5-7-34(8-6-33)30-85-39-13-11-38(12-14-39)65-58(82)62-26-35-9-15-40-37(24-35)28-68(55(40)79)42-16-18-45(70)66-54(42)78/h5-15,17,19-20,24-25,42,49-52,57,74-76H,1-4,16,18,21-23,26-32H2,(H,60,69)(H,61,77)(H,63,83)(H,64,71)(H,80,81)(H2,62,65,82)(H,66,70,78)/t42?,49-,50-,51+,52-,57+/m0/s1. The molecule has 0 spiro atoms. The molecular weight excluding hydrogens is 1150 g/mol. The summed E-state index contributed by atoms with van der Waals surface area (Å²) in [7, 11) is 0. The van der Waals surface area contributed by atoms with Crippen molar-refractivity contribution < 1.29 is 96.9 Å². The fourth-order valence-electron chi connectivity index (χ4n) is 9.51. The Bertz CT molecular complexity index is 3290. The molecule has 2 fully saturated rings. The molecule has 2 saturated heterocycles. The van der Waals surface area contributed by atoms with Crippen LogP contribution in [0.3, 0.4) is 0 Å². The van der Waals surface area contributed by atoms with E-state index in [9.17, 15) is 73.2 Å². The molecule has 4 aromatic carbocycles. The summed E-state index contributed by atoms with van der Waals surface area (Å²) in [4.78, 5) is 138. The summed E-state index contributed by atoms with van der Waals surface area (Å²) < 4.78 is 27.6. The minimum absolute atomic E-state index is 0.00772. The van der Waals surface area contributed by atoms with E-state index < -0.39 is 85.7 Å². The van der Waals surface area contributed by atoms with Crippen molar-refractivity contribution in [2.45, 2.75) is 108 Å². The van der Waals surface area contributed by atoms with E-state index in [4.69, 9.17) is 23.7 Å². The first-order chi connectivity index (χ1) is 42.3. The molecule has 6 atom stereocenters. The van der Waals surface area contributed by atoms with Gasteiger partial charge in [0, 0.05) is 69.0 Å². The monoisotopic (exact) mass is 1220 g/mol. The van der Waals surface area contributed by atoms with E-state index in [1.165, 1.54) is 35.3 Å². The third-order valence-corrected chi connectivity index (χ3v) is 14.2.